The molecular weight excluding hydrogens is 430 g/mol. The number of aromatic nitrogens is 9. The van der Waals surface area contributed by atoms with Crippen LogP contribution in [0.3, 0.4) is 0 Å². The molecule has 0 aliphatic rings. The Hall–Kier alpha value is -5.24. The number of nitriles is 1. The summed E-state index contributed by atoms with van der Waals surface area (Å²) in [7, 11) is 0. The van der Waals surface area contributed by atoms with Gasteiger partial charge in [-0.15, -0.1) is 0 Å². The van der Waals surface area contributed by atoms with Crippen molar-refractivity contribution < 1.29 is 0 Å². The van der Waals surface area contributed by atoms with E-state index in [-0.39, 0.29) is 5.82 Å². The predicted molar refractivity (Wildman–Crippen MR) is 122 cm³/mol. The van der Waals surface area contributed by atoms with E-state index in [9.17, 15) is 5.26 Å². The molecule has 11 nitrogen and oxygen atoms in total. The van der Waals surface area contributed by atoms with Gasteiger partial charge in [-0.05, 0) is 18.2 Å². The molecule has 6 aromatic rings. The van der Waals surface area contributed by atoms with Gasteiger partial charge in [-0.25, -0.2) is 34.4 Å². The minimum Gasteiger partial charge on any atom is -0.381 e. The van der Waals surface area contributed by atoms with Gasteiger partial charge in [0.05, 0.1) is 17.3 Å². The molecule has 0 fully saturated rings. The SMILES string of the molecule is N#Cc1cccc(-c2nc(N)c3nc(Cc4cncn5ccnc45)nn3c2-c2ccncn2)c1. The maximum absolute atomic E-state index is 9.37. The van der Waals surface area contributed by atoms with Crippen LogP contribution in [0.25, 0.3) is 33.9 Å². The predicted octanol–water partition coefficient (Wildman–Crippen LogP) is 2.34. The summed E-state index contributed by atoms with van der Waals surface area (Å²) in [5, 5.41) is 14.1. The van der Waals surface area contributed by atoms with Gasteiger partial charge in [0.15, 0.2) is 17.3 Å². The molecular formula is C23H15N11. The molecule has 0 aliphatic heterocycles. The Morgan fingerprint density at radius 2 is 1.97 bits per heavy atom. The second kappa shape index (κ2) is 7.72. The van der Waals surface area contributed by atoms with Crippen LogP contribution in [0.5, 0.6) is 0 Å². The highest BCUT2D eigenvalue weighted by atomic mass is 15.3. The molecule has 2 N–H and O–H groups in total. The zero-order valence-corrected chi connectivity index (χ0v) is 17.6. The quantitative estimate of drug-likeness (QED) is 0.431. The van der Waals surface area contributed by atoms with Gasteiger partial charge in [0, 0.05) is 42.3 Å². The van der Waals surface area contributed by atoms with Crippen molar-refractivity contribution in [3.05, 3.63) is 84.7 Å². The highest BCUT2D eigenvalue weighted by molar-refractivity contribution is 5.81. The van der Waals surface area contributed by atoms with Gasteiger partial charge < -0.3 is 5.73 Å². The number of fused-ring (bicyclic) bond motifs is 2. The van der Waals surface area contributed by atoms with Crippen LogP contribution in [-0.2, 0) is 6.42 Å². The number of rotatable bonds is 4. The summed E-state index contributed by atoms with van der Waals surface area (Å²) in [6.45, 7) is 0. The Balaban J connectivity index is 1.58. The number of nitrogens with two attached hydrogens (primary N) is 1. The molecule has 5 heterocycles. The van der Waals surface area contributed by atoms with E-state index in [1.807, 2.05) is 16.7 Å². The molecule has 0 saturated carbocycles. The van der Waals surface area contributed by atoms with Crippen molar-refractivity contribution in [1.82, 2.24) is 43.9 Å². The molecule has 0 atom stereocenters. The lowest BCUT2D eigenvalue weighted by Crippen LogP contribution is -2.06. The van der Waals surface area contributed by atoms with Crippen LogP contribution in [0.1, 0.15) is 17.0 Å². The van der Waals surface area contributed by atoms with Crippen LogP contribution < -0.4 is 5.73 Å². The van der Waals surface area contributed by atoms with Crippen molar-refractivity contribution in [1.29, 1.82) is 5.26 Å². The molecule has 162 valence electrons. The Labute approximate surface area is 192 Å². The topological polar surface area (TPSA) is 149 Å². The first-order valence-electron chi connectivity index (χ1n) is 10.3. The van der Waals surface area contributed by atoms with E-state index in [0.29, 0.717) is 46.1 Å². The second-order valence-corrected chi connectivity index (χ2v) is 7.50. The van der Waals surface area contributed by atoms with E-state index in [4.69, 9.17) is 10.8 Å². The van der Waals surface area contributed by atoms with E-state index in [1.165, 1.54) is 6.33 Å². The molecule has 1 aromatic carbocycles. The van der Waals surface area contributed by atoms with E-state index < -0.39 is 0 Å². The summed E-state index contributed by atoms with van der Waals surface area (Å²) in [5.41, 5.74) is 11.3. The average molecular weight is 445 g/mol. The summed E-state index contributed by atoms with van der Waals surface area (Å²) in [6, 6.07) is 11.1. The first-order chi connectivity index (χ1) is 16.7. The largest absolute Gasteiger partial charge is 0.381 e. The third-order valence-corrected chi connectivity index (χ3v) is 5.36. The van der Waals surface area contributed by atoms with Crippen LogP contribution in [0.2, 0.25) is 0 Å². The summed E-state index contributed by atoms with van der Waals surface area (Å²) >= 11 is 0. The van der Waals surface area contributed by atoms with Crippen LogP contribution in [0, 0.1) is 11.3 Å². The Morgan fingerprint density at radius 3 is 2.82 bits per heavy atom. The van der Waals surface area contributed by atoms with Gasteiger partial charge in [0.2, 0.25) is 0 Å². The molecule has 0 spiro atoms. The number of imidazole rings is 1. The van der Waals surface area contributed by atoms with Gasteiger partial charge in [-0.1, -0.05) is 12.1 Å². The fourth-order valence-electron chi connectivity index (χ4n) is 3.88. The Morgan fingerprint density at radius 1 is 1.03 bits per heavy atom. The molecule has 0 aliphatic carbocycles. The Bertz CT molecular complexity index is 1710. The van der Waals surface area contributed by atoms with Crippen molar-refractivity contribution >= 4 is 17.1 Å². The molecule has 34 heavy (non-hydrogen) atoms. The van der Waals surface area contributed by atoms with Crippen molar-refractivity contribution in [3.63, 3.8) is 0 Å². The smallest absolute Gasteiger partial charge is 0.198 e. The number of hydrogen-bond donors (Lipinski definition) is 1. The van der Waals surface area contributed by atoms with Gasteiger partial charge >= 0.3 is 0 Å². The first-order valence-corrected chi connectivity index (χ1v) is 10.3. The second-order valence-electron chi connectivity index (χ2n) is 7.50. The summed E-state index contributed by atoms with van der Waals surface area (Å²) < 4.78 is 3.49. The van der Waals surface area contributed by atoms with Crippen LogP contribution in [0.15, 0.2) is 67.8 Å². The molecule has 0 amide bonds. The van der Waals surface area contributed by atoms with Gasteiger partial charge in [-0.3, -0.25) is 4.40 Å². The number of anilines is 1. The van der Waals surface area contributed by atoms with Crippen molar-refractivity contribution in [3.8, 4) is 28.7 Å². The third-order valence-electron chi connectivity index (χ3n) is 5.36. The fourth-order valence-corrected chi connectivity index (χ4v) is 3.88. The van der Waals surface area contributed by atoms with Crippen LogP contribution in [-0.4, -0.2) is 43.9 Å². The number of hydrogen-bond acceptors (Lipinski definition) is 9. The Kier molecular flexibility index (Phi) is 4.41. The number of benzene rings is 1. The molecule has 0 saturated heterocycles. The molecule has 5 aromatic heterocycles. The van der Waals surface area contributed by atoms with Crippen molar-refractivity contribution in [2.24, 2.45) is 0 Å². The lowest BCUT2D eigenvalue weighted by molar-refractivity contribution is 0.892. The van der Waals surface area contributed by atoms with Crippen molar-refractivity contribution in [2.45, 2.75) is 6.42 Å². The number of nitrogen functional groups attached to an aromatic ring is 1. The molecule has 0 unspecified atom stereocenters. The minimum atomic E-state index is 0.214. The first kappa shape index (κ1) is 19.4. The van der Waals surface area contributed by atoms with E-state index in [0.717, 1.165) is 11.2 Å². The monoisotopic (exact) mass is 445 g/mol. The zero-order valence-electron chi connectivity index (χ0n) is 17.6. The van der Waals surface area contributed by atoms with Gasteiger partial charge in [0.1, 0.15) is 29.7 Å². The highest BCUT2D eigenvalue weighted by Crippen LogP contribution is 2.32. The maximum atomic E-state index is 9.37. The lowest BCUT2D eigenvalue weighted by Gasteiger charge is -2.11. The molecule has 0 radical (unpaired) electrons. The maximum Gasteiger partial charge on any atom is 0.198 e. The molecule has 11 heteroatoms. The number of nitrogens with zero attached hydrogens (tertiary/aromatic N) is 10. The molecule has 6 rings (SSSR count). The normalized spacial score (nSPS) is 11.1. The summed E-state index contributed by atoms with van der Waals surface area (Å²) in [5.74, 6) is 0.746. The van der Waals surface area contributed by atoms with Gasteiger partial charge in [0.25, 0.3) is 0 Å². The van der Waals surface area contributed by atoms with E-state index in [1.54, 1.807) is 53.7 Å². The van der Waals surface area contributed by atoms with Gasteiger partial charge in [-0.2, -0.15) is 10.4 Å². The van der Waals surface area contributed by atoms with E-state index >= 15 is 0 Å². The van der Waals surface area contributed by atoms with E-state index in [2.05, 4.69) is 36.0 Å². The molecule has 0 bridgehead atoms. The summed E-state index contributed by atoms with van der Waals surface area (Å²) in [6.07, 6.45) is 10.5. The summed E-state index contributed by atoms with van der Waals surface area (Å²) in [4.78, 5) is 26.4. The van der Waals surface area contributed by atoms with Crippen LogP contribution in [0.4, 0.5) is 5.82 Å². The standard InChI is InChI=1S/C23H15N11/c24-10-14-2-1-3-15(8-14)19-20(17-4-5-26-12-29-17)34-23(21(25)31-19)30-18(32-34)9-16-11-27-13-33-7-6-28-22(16)33/h1-8,11-13H,9H2,(H2,25,31). The average Bonchev–Trinajstić information content (AvgIpc) is 3.53. The zero-order chi connectivity index (χ0) is 23.1. The lowest BCUT2D eigenvalue weighted by atomic mass is 10.0. The van der Waals surface area contributed by atoms with Crippen LogP contribution >= 0.6 is 0 Å². The fraction of sp³-hybridized carbons (Fsp3) is 0.0435. The third kappa shape index (κ3) is 3.18. The van der Waals surface area contributed by atoms with Crippen molar-refractivity contribution in [2.75, 3.05) is 5.73 Å². The highest BCUT2D eigenvalue weighted by Gasteiger charge is 2.21. The minimum absolute atomic E-state index is 0.214.